The fourth-order valence-corrected chi connectivity index (χ4v) is 2.55. The molecule has 1 aromatic heterocycles. The van der Waals surface area contributed by atoms with Crippen molar-refractivity contribution in [3.63, 3.8) is 0 Å². The minimum Gasteiger partial charge on any atom is -0.465 e. The second kappa shape index (κ2) is 5.38. The van der Waals surface area contributed by atoms with Gasteiger partial charge in [-0.05, 0) is 36.8 Å². The number of benzene rings is 1. The normalized spacial score (nSPS) is 21.2. The van der Waals surface area contributed by atoms with Crippen molar-refractivity contribution >= 4 is 12.0 Å². The van der Waals surface area contributed by atoms with E-state index in [9.17, 15) is 5.26 Å². The molecule has 1 unspecified atom stereocenters. The first-order valence-electron chi connectivity index (χ1n) is 6.85. The van der Waals surface area contributed by atoms with Gasteiger partial charge in [0.25, 0.3) is 0 Å². The van der Waals surface area contributed by atoms with Gasteiger partial charge >= 0.3 is 0 Å². The number of ether oxygens (including phenoxy) is 1. The van der Waals surface area contributed by atoms with Gasteiger partial charge in [-0.25, -0.2) is 0 Å². The van der Waals surface area contributed by atoms with Gasteiger partial charge < -0.3 is 9.15 Å². The molecule has 0 amide bonds. The third-order valence-corrected chi connectivity index (χ3v) is 3.71. The molecule has 1 atom stereocenters. The predicted molar refractivity (Wildman–Crippen MR) is 83.0 cm³/mol. The van der Waals surface area contributed by atoms with Crippen molar-refractivity contribution in [2.24, 2.45) is 0 Å². The quantitative estimate of drug-likeness (QED) is 0.927. The van der Waals surface area contributed by atoms with Crippen molar-refractivity contribution in [1.29, 1.82) is 10.7 Å². The van der Waals surface area contributed by atoms with Gasteiger partial charge in [-0.2, -0.15) is 5.26 Å². The minimum atomic E-state index is -0.855. The Hall–Kier alpha value is -3.06. The summed E-state index contributed by atoms with van der Waals surface area (Å²) in [5.41, 5.74) is 0.938. The van der Waals surface area contributed by atoms with Crippen molar-refractivity contribution in [1.82, 2.24) is 0 Å². The van der Waals surface area contributed by atoms with Gasteiger partial charge in [0.2, 0.25) is 5.90 Å². The first kappa shape index (κ1) is 13.9. The summed E-state index contributed by atoms with van der Waals surface area (Å²) in [4.78, 5) is 0. The standard InChI is InChI=1S/C18H14N2O2/c1-18(13-6-3-2-4-7-13)16(15(12-19)17(20)22-18)10-9-14-8-5-11-21-14/h2-11,20H,1H3. The largest absolute Gasteiger partial charge is 0.465 e. The van der Waals surface area contributed by atoms with Crippen LogP contribution >= 0.6 is 0 Å². The molecular weight excluding hydrogens is 276 g/mol. The summed E-state index contributed by atoms with van der Waals surface area (Å²) >= 11 is 0. The fraction of sp³-hybridized carbons (Fsp3) is 0.111. The molecule has 1 aromatic carbocycles. The number of hydrogen-bond donors (Lipinski definition) is 1. The summed E-state index contributed by atoms with van der Waals surface area (Å²) in [7, 11) is 0. The summed E-state index contributed by atoms with van der Waals surface area (Å²) in [6, 6.07) is 15.3. The van der Waals surface area contributed by atoms with Crippen LogP contribution in [0.25, 0.3) is 6.08 Å². The number of hydrogen-bond acceptors (Lipinski definition) is 4. The second-order valence-corrected chi connectivity index (χ2v) is 5.08. The van der Waals surface area contributed by atoms with Crippen LogP contribution in [0.4, 0.5) is 0 Å². The van der Waals surface area contributed by atoms with E-state index in [0.29, 0.717) is 11.3 Å². The van der Waals surface area contributed by atoms with Crippen LogP contribution in [0.3, 0.4) is 0 Å². The number of furan rings is 1. The molecule has 2 aromatic rings. The SMILES string of the molecule is CC1(c2ccccc2)OC(=N)C(C#N)=C1C=Cc1ccco1. The Morgan fingerprint density at radius 2 is 1.91 bits per heavy atom. The molecule has 0 saturated heterocycles. The van der Waals surface area contributed by atoms with Crippen LogP contribution in [-0.4, -0.2) is 5.90 Å². The molecule has 0 bridgehead atoms. The van der Waals surface area contributed by atoms with Crippen LogP contribution in [-0.2, 0) is 10.3 Å². The molecule has 108 valence electrons. The highest BCUT2D eigenvalue weighted by atomic mass is 16.5. The van der Waals surface area contributed by atoms with E-state index in [1.165, 1.54) is 0 Å². The number of nitriles is 1. The lowest BCUT2D eigenvalue weighted by Crippen LogP contribution is -2.24. The van der Waals surface area contributed by atoms with E-state index in [0.717, 1.165) is 5.56 Å². The maximum Gasteiger partial charge on any atom is 0.225 e. The van der Waals surface area contributed by atoms with Crippen LogP contribution in [0.2, 0.25) is 0 Å². The molecule has 0 spiro atoms. The van der Waals surface area contributed by atoms with Gasteiger partial charge in [-0.1, -0.05) is 30.3 Å². The van der Waals surface area contributed by atoms with Gasteiger partial charge in [-0.3, -0.25) is 5.41 Å². The Bertz CT molecular complexity index is 795. The second-order valence-electron chi connectivity index (χ2n) is 5.08. The van der Waals surface area contributed by atoms with E-state index in [1.54, 1.807) is 24.5 Å². The maximum atomic E-state index is 9.36. The van der Waals surface area contributed by atoms with Crippen LogP contribution in [0, 0.1) is 16.7 Å². The third-order valence-electron chi connectivity index (χ3n) is 3.71. The van der Waals surface area contributed by atoms with Crippen LogP contribution in [0.1, 0.15) is 18.2 Å². The first-order chi connectivity index (χ1) is 10.6. The Balaban J connectivity index is 2.10. The fourth-order valence-electron chi connectivity index (χ4n) is 2.55. The highest BCUT2D eigenvalue weighted by Crippen LogP contribution is 2.42. The van der Waals surface area contributed by atoms with E-state index in [2.05, 4.69) is 6.07 Å². The van der Waals surface area contributed by atoms with Crippen molar-refractivity contribution in [3.8, 4) is 6.07 Å². The van der Waals surface area contributed by atoms with Crippen LogP contribution in [0.5, 0.6) is 0 Å². The average molecular weight is 290 g/mol. The lowest BCUT2D eigenvalue weighted by atomic mass is 9.86. The van der Waals surface area contributed by atoms with E-state index >= 15 is 0 Å². The third kappa shape index (κ3) is 2.23. The monoisotopic (exact) mass is 290 g/mol. The average Bonchev–Trinajstić information content (AvgIpc) is 3.12. The molecular formula is C18H14N2O2. The Labute approximate surface area is 128 Å². The molecule has 0 fully saturated rings. The lowest BCUT2D eigenvalue weighted by Gasteiger charge is -2.26. The van der Waals surface area contributed by atoms with E-state index in [-0.39, 0.29) is 11.5 Å². The highest BCUT2D eigenvalue weighted by Gasteiger charge is 2.42. The van der Waals surface area contributed by atoms with Crippen LogP contribution < -0.4 is 0 Å². The van der Waals surface area contributed by atoms with E-state index < -0.39 is 5.60 Å². The molecule has 22 heavy (non-hydrogen) atoms. The molecule has 3 rings (SSSR count). The summed E-state index contributed by atoms with van der Waals surface area (Å²) in [5, 5.41) is 17.3. The van der Waals surface area contributed by atoms with Crippen LogP contribution in [0.15, 0.2) is 70.4 Å². The number of nitrogens with zero attached hydrogens (tertiary/aromatic N) is 1. The summed E-state index contributed by atoms with van der Waals surface area (Å²) in [6.45, 7) is 1.86. The Morgan fingerprint density at radius 1 is 1.14 bits per heavy atom. The van der Waals surface area contributed by atoms with Gasteiger partial charge in [0.1, 0.15) is 17.4 Å². The number of rotatable bonds is 3. The van der Waals surface area contributed by atoms with Gasteiger partial charge in [-0.15, -0.1) is 0 Å². The molecule has 4 heteroatoms. The molecule has 1 N–H and O–H groups in total. The topological polar surface area (TPSA) is 70.0 Å². The van der Waals surface area contributed by atoms with Crippen molar-refractivity contribution < 1.29 is 9.15 Å². The first-order valence-corrected chi connectivity index (χ1v) is 6.85. The van der Waals surface area contributed by atoms with Gasteiger partial charge in [0, 0.05) is 5.57 Å². The smallest absolute Gasteiger partial charge is 0.225 e. The Kier molecular flexibility index (Phi) is 3.40. The minimum absolute atomic E-state index is 0.104. The molecule has 2 heterocycles. The zero-order chi connectivity index (χ0) is 15.6. The van der Waals surface area contributed by atoms with Gasteiger partial charge in [0.05, 0.1) is 6.26 Å². The number of nitrogens with one attached hydrogen (secondary N) is 1. The molecule has 1 aliphatic rings. The highest BCUT2D eigenvalue weighted by molar-refractivity contribution is 6.00. The molecule has 0 saturated carbocycles. The predicted octanol–water partition coefficient (Wildman–Crippen LogP) is 4.04. The van der Waals surface area contributed by atoms with E-state index in [1.807, 2.05) is 43.3 Å². The van der Waals surface area contributed by atoms with Gasteiger partial charge in [0.15, 0.2) is 5.60 Å². The zero-order valence-corrected chi connectivity index (χ0v) is 12.0. The Morgan fingerprint density at radius 3 is 2.55 bits per heavy atom. The molecule has 0 aliphatic carbocycles. The molecule has 0 radical (unpaired) electrons. The summed E-state index contributed by atoms with van der Waals surface area (Å²) < 4.78 is 11.0. The van der Waals surface area contributed by atoms with Crippen molar-refractivity contribution in [2.45, 2.75) is 12.5 Å². The summed E-state index contributed by atoms with van der Waals surface area (Å²) in [5.74, 6) is 0.576. The zero-order valence-electron chi connectivity index (χ0n) is 12.0. The lowest BCUT2D eigenvalue weighted by molar-refractivity contribution is 0.131. The molecule has 1 aliphatic heterocycles. The van der Waals surface area contributed by atoms with Crippen molar-refractivity contribution in [3.05, 3.63) is 77.3 Å². The molecule has 4 nitrogen and oxygen atoms in total. The maximum absolute atomic E-state index is 9.36. The summed E-state index contributed by atoms with van der Waals surface area (Å²) in [6.07, 6.45) is 5.14. The van der Waals surface area contributed by atoms with Crippen molar-refractivity contribution in [2.75, 3.05) is 0 Å². The van der Waals surface area contributed by atoms with E-state index in [4.69, 9.17) is 14.6 Å².